The molecule has 0 unspecified atom stereocenters. The van der Waals surface area contributed by atoms with Gasteiger partial charge in [0.2, 0.25) is 11.8 Å². The number of carbonyl (C=O) groups is 2. The lowest BCUT2D eigenvalue weighted by atomic mass is 10.1. The van der Waals surface area contributed by atoms with Crippen LogP contribution in [0.1, 0.15) is 44.6 Å². The number of benzene rings is 3. The molecule has 4 rings (SSSR count). The molecule has 0 radical (unpaired) electrons. The van der Waals surface area contributed by atoms with Crippen molar-refractivity contribution < 1.29 is 27.5 Å². The van der Waals surface area contributed by atoms with Crippen LogP contribution in [-0.2, 0) is 26.2 Å². The zero-order valence-corrected chi connectivity index (χ0v) is 26.2. The Bertz CT molecular complexity index is 1490. The van der Waals surface area contributed by atoms with Gasteiger partial charge in [0.15, 0.2) is 0 Å². The molecule has 1 aliphatic rings. The molecule has 1 saturated carbocycles. The van der Waals surface area contributed by atoms with Crippen LogP contribution < -0.4 is 19.1 Å². The second-order valence-corrected chi connectivity index (χ2v) is 12.7. The molecular formula is C32H38ClN3O6S. The van der Waals surface area contributed by atoms with Gasteiger partial charge < -0.3 is 19.7 Å². The van der Waals surface area contributed by atoms with Crippen molar-refractivity contribution in [3.8, 4) is 11.5 Å². The number of rotatable bonds is 13. The van der Waals surface area contributed by atoms with Crippen molar-refractivity contribution in [1.82, 2.24) is 10.2 Å². The molecule has 3 aromatic rings. The molecule has 11 heteroatoms. The molecule has 1 fully saturated rings. The Kier molecular flexibility index (Phi) is 10.9. The van der Waals surface area contributed by atoms with E-state index in [9.17, 15) is 18.0 Å². The lowest BCUT2D eigenvalue weighted by Gasteiger charge is -2.34. The first-order valence-corrected chi connectivity index (χ1v) is 16.1. The van der Waals surface area contributed by atoms with Crippen LogP contribution in [0.25, 0.3) is 0 Å². The lowest BCUT2D eigenvalue weighted by Crippen LogP contribution is -2.53. The molecule has 1 atom stereocenters. The number of hydrogen-bond acceptors (Lipinski definition) is 6. The smallest absolute Gasteiger partial charge is 0.264 e. The van der Waals surface area contributed by atoms with Crippen LogP contribution in [0.4, 0.5) is 5.69 Å². The minimum absolute atomic E-state index is 0.0257. The fourth-order valence-corrected chi connectivity index (χ4v) is 6.85. The molecule has 0 saturated heterocycles. The summed E-state index contributed by atoms with van der Waals surface area (Å²) in [6, 6.07) is 18.8. The number of methoxy groups -OCH3 is 2. The van der Waals surface area contributed by atoms with E-state index in [0.29, 0.717) is 17.2 Å². The van der Waals surface area contributed by atoms with E-state index < -0.39 is 28.5 Å². The van der Waals surface area contributed by atoms with Gasteiger partial charge in [-0.1, -0.05) is 55.6 Å². The molecule has 0 aliphatic heterocycles. The fourth-order valence-electron chi connectivity index (χ4n) is 5.30. The number of ether oxygens (including phenoxy) is 2. The van der Waals surface area contributed by atoms with Crippen molar-refractivity contribution >= 4 is 39.1 Å². The van der Waals surface area contributed by atoms with Crippen molar-refractivity contribution in [2.75, 3.05) is 25.1 Å². The Morgan fingerprint density at radius 3 is 2.21 bits per heavy atom. The summed E-state index contributed by atoms with van der Waals surface area (Å²) in [5.41, 5.74) is 0.954. The maximum absolute atomic E-state index is 14.3. The third kappa shape index (κ3) is 7.80. The average Bonchev–Trinajstić information content (AvgIpc) is 3.53. The van der Waals surface area contributed by atoms with E-state index >= 15 is 0 Å². The quantitative estimate of drug-likeness (QED) is 0.271. The summed E-state index contributed by atoms with van der Waals surface area (Å²) >= 11 is 6.10. The zero-order chi connectivity index (χ0) is 31.0. The molecule has 3 aromatic carbocycles. The van der Waals surface area contributed by atoms with Crippen LogP contribution in [0.15, 0.2) is 77.7 Å². The molecule has 0 aromatic heterocycles. The summed E-state index contributed by atoms with van der Waals surface area (Å²) in [5.74, 6) is -0.0142. The first-order valence-electron chi connectivity index (χ1n) is 14.3. The number of nitrogens with one attached hydrogen (secondary N) is 1. The van der Waals surface area contributed by atoms with E-state index in [1.807, 2.05) is 6.92 Å². The van der Waals surface area contributed by atoms with Crippen LogP contribution in [0.5, 0.6) is 11.5 Å². The van der Waals surface area contributed by atoms with Gasteiger partial charge in [0.05, 0.1) is 24.8 Å². The Morgan fingerprint density at radius 1 is 0.953 bits per heavy atom. The zero-order valence-electron chi connectivity index (χ0n) is 24.7. The van der Waals surface area contributed by atoms with Gasteiger partial charge in [0, 0.05) is 17.6 Å². The van der Waals surface area contributed by atoms with Gasteiger partial charge in [-0.15, -0.1) is 0 Å². The van der Waals surface area contributed by atoms with Crippen LogP contribution in [0.3, 0.4) is 0 Å². The highest BCUT2D eigenvalue weighted by molar-refractivity contribution is 7.92. The van der Waals surface area contributed by atoms with Gasteiger partial charge in [-0.3, -0.25) is 13.9 Å². The predicted octanol–water partition coefficient (Wildman–Crippen LogP) is 5.42. The number of sulfonamides is 1. The number of halogens is 1. The Balaban J connectivity index is 1.74. The number of amides is 2. The summed E-state index contributed by atoms with van der Waals surface area (Å²) < 4.78 is 40.0. The van der Waals surface area contributed by atoms with Gasteiger partial charge >= 0.3 is 0 Å². The largest absolute Gasteiger partial charge is 0.497 e. The highest BCUT2D eigenvalue weighted by Gasteiger charge is 2.35. The fraction of sp³-hybridized carbons (Fsp3) is 0.375. The predicted molar refractivity (Wildman–Crippen MR) is 167 cm³/mol. The molecule has 230 valence electrons. The minimum atomic E-state index is -4.26. The van der Waals surface area contributed by atoms with E-state index in [-0.39, 0.29) is 34.8 Å². The summed E-state index contributed by atoms with van der Waals surface area (Å²) in [7, 11) is -1.33. The Hall–Kier alpha value is -3.76. The van der Waals surface area contributed by atoms with Crippen molar-refractivity contribution in [2.45, 2.75) is 62.6 Å². The SMILES string of the molecule is CC[C@@H](C(=O)NC1CCCC1)N(Cc1ccc(Cl)cc1)C(=O)CN(c1ccccc1OC)S(=O)(=O)c1ccc(OC)cc1. The first-order chi connectivity index (χ1) is 20.7. The maximum Gasteiger partial charge on any atom is 0.264 e. The summed E-state index contributed by atoms with van der Waals surface area (Å²) in [6.07, 6.45) is 4.24. The summed E-state index contributed by atoms with van der Waals surface area (Å²) in [6.45, 7) is 1.37. The second kappa shape index (κ2) is 14.6. The normalized spacial score (nSPS) is 14.1. The molecule has 2 amide bonds. The first kappa shape index (κ1) is 32.2. The van der Waals surface area contributed by atoms with E-state index in [4.69, 9.17) is 21.1 Å². The van der Waals surface area contributed by atoms with Crippen molar-refractivity contribution in [3.63, 3.8) is 0 Å². The van der Waals surface area contributed by atoms with Crippen molar-refractivity contribution in [2.24, 2.45) is 0 Å². The lowest BCUT2D eigenvalue weighted by molar-refractivity contribution is -0.140. The molecule has 9 nitrogen and oxygen atoms in total. The van der Waals surface area contributed by atoms with Gasteiger partial charge in [0.25, 0.3) is 10.0 Å². The molecule has 1 aliphatic carbocycles. The number of nitrogens with zero attached hydrogens (tertiary/aromatic N) is 2. The number of anilines is 1. The van der Waals surface area contributed by atoms with Crippen LogP contribution in [-0.4, -0.2) is 58.0 Å². The summed E-state index contributed by atoms with van der Waals surface area (Å²) in [4.78, 5) is 29.3. The van der Waals surface area contributed by atoms with Gasteiger partial charge in [-0.05, 0) is 73.4 Å². The summed E-state index contributed by atoms with van der Waals surface area (Å²) in [5, 5.41) is 3.65. The maximum atomic E-state index is 14.3. The molecule has 0 bridgehead atoms. The van der Waals surface area contributed by atoms with E-state index in [1.54, 1.807) is 60.7 Å². The molecule has 1 N–H and O–H groups in total. The van der Waals surface area contributed by atoms with E-state index in [1.165, 1.54) is 31.3 Å². The molecule has 0 heterocycles. The van der Waals surface area contributed by atoms with E-state index in [2.05, 4.69) is 5.32 Å². The Morgan fingerprint density at radius 2 is 1.60 bits per heavy atom. The van der Waals surface area contributed by atoms with Gasteiger partial charge in [-0.25, -0.2) is 8.42 Å². The highest BCUT2D eigenvalue weighted by Crippen LogP contribution is 2.33. The van der Waals surface area contributed by atoms with Crippen molar-refractivity contribution in [1.29, 1.82) is 0 Å². The third-order valence-corrected chi connectivity index (χ3v) is 9.66. The van der Waals surface area contributed by atoms with Crippen LogP contribution >= 0.6 is 11.6 Å². The molecule has 0 spiro atoms. The monoisotopic (exact) mass is 627 g/mol. The van der Waals surface area contributed by atoms with Gasteiger partial charge in [0.1, 0.15) is 24.1 Å². The average molecular weight is 628 g/mol. The number of carbonyl (C=O) groups excluding carboxylic acids is 2. The number of para-hydroxylation sites is 2. The van der Waals surface area contributed by atoms with Crippen LogP contribution in [0.2, 0.25) is 5.02 Å². The van der Waals surface area contributed by atoms with Crippen molar-refractivity contribution in [3.05, 3.63) is 83.4 Å². The topological polar surface area (TPSA) is 105 Å². The third-order valence-electron chi connectivity index (χ3n) is 7.63. The second-order valence-electron chi connectivity index (χ2n) is 10.4. The molecule has 43 heavy (non-hydrogen) atoms. The Labute approximate surface area is 258 Å². The van der Waals surface area contributed by atoms with Crippen LogP contribution in [0, 0.1) is 0 Å². The standard InChI is InChI=1S/C32H38ClN3O6S/c1-4-28(32(38)34-25-9-5-6-10-25)35(21-23-13-15-24(33)16-14-23)31(37)22-36(29-11-7-8-12-30(29)42-3)43(39,40)27-19-17-26(41-2)18-20-27/h7-8,11-20,25,28H,4-6,9-10,21-22H2,1-3H3,(H,34,38)/t28-/m0/s1. The minimum Gasteiger partial charge on any atom is -0.497 e. The highest BCUT2D eigenvalue weighted by atomic mass is 35.5. The van der Waals surface area contributed by atoms with Gasteiger partial charge in [-0.2, -0.15) is 0 Å². The molecular weight excluding hydrogens is 590 g/mol. The number of hydrogen-bond donors (Lipinski definition) is 1. The van der Waals surface area contributed by atoms with E-state index in [0.717, 1.165) is 35.6 Å².